The maximum absolute atomic E-state index is 13.1. The van der Waals surface area contributed by atoms with Crippen LogP contribution in [-0.4, -0.2) is 59.4 Å². The number of fused-ring (bicyclic) bond motifs is 1. The van der Waals surface area contributed by atoms with Crippen LogP contribution in [0.5, 0.6) is 0 Å². The molecule has 164 valence electrons. The molecule has 0 unspecified atom stereocenters. The fourth-order valence-corrected chi connectivity index (χ4v) is 3.85. The first kappa shape index (κ1) is 23.2. The number of hydrogen-bond acceptors (Lipinski definition) is 5. The molecule has 0 aromatic carbocycles. The van der Waals surface area contributed by atoms with Gasteiger partial charge in [-0.25, -0.2) is 4.79 Å². The lowest BCUT2D eigenvalue weighted by Crippen LogP contribution is -2.57. The van der Waals surface area contributed by atoms with Gasteiger partial charge in [0, 0.05) is 6.54 Å². The van der Waals surface area contributed by atoms with Crippen molar-refractivity contribution < 1.29 is 23.9 Å². The molecule has 4 atom stereocenters. The molecule has 2 rings (SSSR count). The van der Waals surface area contributed by atoms with E-state index in [1.54, 1.807) is 6.92 Å². The van der Waals surface area contributed by atoms with Crippen molar-refractivity contribution in [1.29, 1.82) is 0 Å². The molecule has 2 N–H and O–H groups in total. The van der Waals surface area contributed by atoms with E-state index in [1.165, 1.54) is 24.7 Å². The predicted molar refractivity (Wildman–Crippen MR) is 108 cm³/mol. The Morgan fingerprint density at radius 1 is 0.931 bits per heavy atom. The number of ether oxygens (including phenoxy) is 1. The van der Waals surface area contributed by atoms with E-state index >= 15 is 0 Å². The fourth-order valence-electron chi connectivity index (χ4n) is 3.85. The third kappa shape index (κ3) is 6.44. The summed E-state index contributed by atoms with van der Waals surface area (Å²) in [5, 5.41) is 5.21. The maximum Gasteiger partial charge on any atom is 0.329 e. The summed E-state index contributed by atoms with van der Waals surface area (Å²) in [5.74, 6) is -1.73. The molecule has 2 heterocycles. The highest BCUT2D eigenvalue weighted by Gasteiger charge is 2.40. The van der Waals surface area contributed by atoms with Gasteiger partial charge in [0.25, 0.3) is 5.91 Å². The summed E-state index contributed by atoms with van der Waals surface area (Å²) in [6.07, 6.45) is 7.10. The van der Waals surface area contributed by atoms with Crippen LogP contribution >= 0.6 is 0 Å². The number of cyclic esters (lactones) is 1. The number of nitrogens with one attached hydrogen (secondary N) is 2. The van der Waals surface area contributed by atoms with Crippen LogP contribution in [0.3, 0.4) is 0 Å². The van der Waals surface area contributed by atoms with Gasteiger partial charge in [-0.3, -0.25) is 14.4 Å². The van der Waals surface area contributed by atoms with Crippen molar-refractivity contribution in [3.63, 3.8) is 0 Å². The monoisotopic (exact) mass is 409 g/mol. The summed E-state index contributed by atoms with van der Waals surface area (Å²) in [6.45, 7) is 5.69. The second kappa shape index (κ2) is 11.2. The zero-order valence-corrected chi connectivity index (χ0v) is 17.9. The molecule has 8 nitrogen and oxygen atoms in total. The highest BCUT2D eigenvalue weighted by Crippen LogP contribution is 2.22. The molecule has 0 aromatic heterocycles. The number of nitrogens with zero attached hydrogens (tertiary/aromatic N) is 1. The standard InChI is InChI=1S/C21H35N3O5/c1-4-5-6-7-8-9-12-17-20(27)24-13-10-11-16(24)19(26)22-14(2)18(25)23-15(3)21(28)29-17/h14-17H,4-13H2,1-3H3,(H,22,26)(H,23,25)/t14-,15+,16+,17-/m0/s1. The van der Waals surface area contributed by atoms with Crippen LogP contribution in [0.4, 0.5) is 0 Å². The molecule has 2 fully saturated rings. The van der Waals surface area contributed by atoms with Crippen molar-refractivity contribution in [2.75, 3.05) is 6.54 Å². The van der Waals surface area contributed by atoms with Gasteiger partial charge in [0.15, 0.2) is 6.10 Å². The largest absolute Gasteiger partial charge is 0.451 e. The molecular weight excluding hydrogens is 374 g/mol. The quantitative estimate of drug-likeness (QED) is 0.492. The Kier molecular flexibility index (Phi) is 8.92. The van der Waals surface area contributed by atoms with Crippen molar-refractivity contribution in [3.05, 3.63) is 0 Å². The summed E-state index contributed by atoms with van der Waals surface area (Å²) in [7, 11) is 0. The number of rotatable bonds is 7. The van der Waals surface area contributed by atoms with E-state index in [0.29, 0.717) is 25.8 Å². The molecule has 8 heteroatoms. The average Bonchev–Trinajstić information content (AvgIpc) is 3.18. The molecule has 29 heavy (non-hydrogen) atoms. The van der Waals surface area contributed by atoms with E-state index < -0.39 is 36.1 Å². The smallest absolute Gasteiger partial charge is 0.329 e. The van der Waals surface area contributed by atoms with Gasteiger partial charge in [-0.1, -0.05) is 39.0 Å². The second-order valence-corrected chi connectivity index (χ2v) is 8.13. The highest BCUT2D eigenvalue weighted by molar-refractivity contribution is 5.95. The van der Waals surface area contributed by atoms with Gasteiger partial charge in [-0.05, 0) is 39.5 Å². The van der Waals surface area contributed by atoms with Crippen LogP contribution in [-0.2, 0) is 23.9 Å². The zero-order valence-electron chi connectivity index (χ0n) is 17.9. The van der Waals surface area contributed by atoms with Crippen molar-refractivity contribution >= 4 is 23.7 Å². The van der Waals surface area contributed by atoms with Crippen molar-refractivity contribution in [2.45, 2.75) is 103 Å². The van der Waals surface area contributed by atoms with E-state index in [4.69, 9.17) is 4.74 Å². The van der Waals surface area contributed by atoms with Crippen molar-refractivity contribution in [3.8, 4) is 0 Å². The van der Waals surface area contributed by atoms with Crippen molar-refractivity contribution in [1.82, 2.24) is 15.5 Å². The van der Waals surface area contributed by atoms with Crippen LogP contribution in [0.1, 0.15) is 78.6 Å². The van der Waals surface area contributed by atoms with Crippen LogP contribution in [0.25, 0.3) is 0 Å². The lowest BCUT2D eigenvalue weighted by Gasteiger charge is -2.30. The van der Waals surface area contributed by atoms with E-state index in [-0.39, 0.29) is 11.8 Å². The first-order chi connectivity index (χ1) is 13.8. The number of carbonyl (C=O) groups excluding carboxylic acids is 4. The van der Waals surface area contributed by atoms with E-state index in [1.807, 2.05) is 0 Å². The average molecular weight is 410 g/mol. The van der Waals surface area contributed by atoms with Gasteiger partial charge >= 0.3 is 5.97 Å². The van der Waals surface area contributed by atoms with E-state index in [2.05, 4.69) is 17.6 Å². The summed E-state index contributed by atoms with van der Waals surface area (Å²) in [6, 6.07) is -2.32. The topological polar surface area (TPSA) is 105 Å². The van der Waals surface area contributed by atoms with Gasteiger partial charge in [0.2, 0.25) is 11.8 Å². The molecule has 0 aliphatic carbocycles. The minimum atomic E-state index is -0.918. The van der Waals surface area contributed by atoms with Gasteiger partial charge in [0.05, 0.1) is 0 Å². The number of unbranched alkanes of at least 4 members (excludes halogenated alkanes) is 5. The van der Waals surface area contributed by atoms with Crippen LogP contribution < -0.4 is 10.6 Å². The normalized spacial score (nSPS) is 28.7. The van der Waals surface area contributed by atoms with Crippen LogP contribution in [0.2, 0.25) is 0 Å². The Morgan fingerprint density at radius 3 is 2.31 bits per heavy atom. The first-order valence-corrected chi connectivity index (χ1v) is 11.0. The third-order valence-electron chi connectivity index (χ3n) is 5.66. The second-order valence-electron chi connectivity index (χ2n) is 8.13. The van der Waals surface area contributed by atoms with Crippen LogP contribution in [0.15, 0.2) is 0 Å². The van der Waals surface area contributed by atoms with E-state index in [0.717, 1.165) is 25.7 Å². The Hall–Kier alpha value is -2.12. The number of hydrogen-bond donors (Lipinski definition) is 2. The van der Waals surface area contributed by atoms with Gasteiger partial charge < -0.3 is 20.3 Å². The third-order valence-corrected chi connectivity index (χ3v) is 5.66. The van der Waals surface area contributed by atoms with Gasteiger partial charge in [-0.15, -0.1) is 0 Å². The molecule has 0 aromatic rings. The lowest BCUT2D eigenvalue weighted by atomic mass is 10.1. The molecular formula is C21H35N3O5. The molecule has 0 spiro atoms. The van der Waals surface area contributed by atoms with Crippen molar-refractivity contribution in [2.24, 2.45) is 0 Å². The Bertz CT molecular complexity index is 609. The Balaban J connectivity index is 2.12. The minimum absolute atomic E-state index is 0.309. The molecule has 2 saturated heterocycles. The molecule has 3 amide bonds. The number of carbonyl (C=O) groups is 4. The summed E-state index contributed by atoms with van der Waals surface area (Å²) < 4.78 is 5.53. The fraction of sp³-hybridized carbons (Fsp3) is 0.810. The van der Waals surface area contributed by atoms with E-state index in [9.17, 15) is 19.2 Å². The van der Waals surface area contributed by atoms with Gasteiger partial charge in [0.1, 0.15) is 18.1 Å². The SMILES string of the molecule is CCCCCCCC[C@@H]1OC(=O)[C@@H](C)NC(=O)[C@H](C)NC(=O)[C@H]2CCCN2C1=O. The lowest BCUT2D eigenvalue weighted by molar-refractivity contribution is -0.164. The highest BCUT2D eigenvalue weighted by atomic mass is 16.5. The summed E-state index contributed by atoms with van der Waals surface area (Å²) in [5.41, 5.74) is 0. The summed E-state index contributed by atoms with van der Waals surface area (Å²) in [4.78, 5) is 52.0. The number of amides is 3. The first-order valence-electron chi connectivity index (χ1n) is 11.0. The Morgan fingerprint density at radius 2 is 1.59 bits per heavy atom. The number of esters is 1. The predicted octanol–water partition coefficient (Wildman–Crippen LogP) is 1.66. The molecule has 0 bridgehead atoms. The maximum atomic E-state index is 13.1. The van der Waals surface area contributed by atoms with Gasteiger partial charge in [-0.2, -0.15) is 0 Å². The molecule has 0 radical (unpaired) electrons. The molecule has 0 saturated carbocycles. The molecule has 2 aliphatic heterocycles. The minimum Gasteiger partial charge on any atom is -0.451 e. The van der Waals surface area contributed by atoms with Crippen LogP contribution in [0, 0.1) is 0 Å². The summed E-state index contributed by atoms with van der Waals surface area (Å²) >= 11 is 0. The Labute approximate surface area is 173 Å². The molecule has 2 aliphatic rings. The zero-order chi connectivity index (χ0) is 21.4.